The first-order valence-electron chi connectivity index (χ1n) is 9.79. The van der Waals surface area contributed by atoms with Gasteiger partial charge >= 0.3 is 5.97 Å². The largest absolute Gasteiger partial charge is 0.486 e. The van der Waals surface area contributed by atoms with E-state index in [9.17, 15) is 19.5 Å². The van der Waals surface area contributed by atoms with Gasteiger partial charge in [-0.05, 0) is 23.3 Å². The molecule has 3 heterocycles. The SMILES string of the molecule is O=C1NC(=O)C2C1C(c1ccc3c(c1)OCCO3)NC2(Cc1ccccc1)C(=O)O. The molecule has 5 rings (SSSR count). The van der Waals surface area contributed by atoms with Gasteiger partial charge in [-0.25, -0.2) is 0 Å². The maximum atomic E-state index is 12.7. The average molecular weight is 408 g/mol. The van der Waals surface area contributed by atoms with Crippen LogP contribution in [0.1, 0.15) is 17.2 Å². The van der Waals surface area contributed by atoms with Gasteiger partial charge in [0.2, 0.25) is 11.8 Å². The van der Waals surface area contributed by atoms with Gasteiger partial charge in [-0.15, -0.1) is 0 Å². The molecular weight excluding hydrogens is 388 g/mol. The van der Waals surface area contributed by atoms with Crippen molar-refractivity contribution in [3.8, 4) is 11.5 Å². The van der Waals surface area contributed by atoms with Crippen LogP contribution in [0.3, 0.4) is 0 Å². The van der Waals surface area contributed by atoms with Gasteiger partial charge in [-0.1, -0.05) is 36.4 Å². The highest BCUT2D eigenvalue weighted by Gasteiger charge is 2.66. The van der Waals surface area contributed by atoms with Crippen molar-refractivity contribution in [3.63, 3.8) is 0 Å². The van der Waals surface area contributed by atoms with Gasteiger partial charge in [-0.3, -0.25) is 25.0 Å². The normalized spacial score (nSPS) is 29.4. The van der Waals surface area contributed by atoms with Crippen LogP contribution >= 0.6 is 0 Å². The van der Waals surface area contributed by atoms with Crippen LogP contribution in [-0.2, 0) is 20.8 Å². The fraction of sp³-hybridized carbons (Fsp3) is 0.318. The molecule has 4 unspecified atom stereocenters. The Labute approximate surface area is 172 Å². The number of carbonyl (C=O) groups is 3. The van der Waals surface area contributed by atoms with Crippen LogP contribution in [0.4, 0.5) is 0 Å². The smallest absolute Gasteiger partial charge is 0.325 e. The third-order valence-corrected chi connectivity index (χ3v) is 6.13. The summed E-state index contributed by atoms with van der Waals surface area (Å²) in [5.74, 6) is -2.91. The number of hydrogen-bond acceptors (Lipinski definition) is 6. The zero-order valence-corrected chi connectivity index (χ0v) is 16.0. The van der Waals surface area contributed by atoms with Crippen molar-refractivity contribution < 1.29 is 29.0 Å². The summed E-state index contributed by atoms with van der Waals surface area (Å²) >= 11 is 0. The van der Waals surface area contributed by atoms with Gasteiger partial charge in [-0.2, -0.15) is 0 Å². The minimum atomic E-state index is -1.61. The van der Waals surface area contributed by atoms with Crippen molar-refractivity contribution >= 4 is 17.8 Å². The minimum Gasteiger partial charge on any atom is -0.486 e. The topological polar surface area (TPSA) is 114 Å². The third-order valence-electron chi connectivity index (χ3n) is 6.13. The Balaban J connectivity index is 1.59. The molecule has 154 valence electrons. The highest BCUT2D eigenvalue weighted by molar-refractivity contribution is 6.09. The first-order chi connectivity index (χ1) is 14.5. The first-order valence-corrected chi connectivity index (χ1v) is 9.79. The number of hydrogen-bond donors (Lipinski definition) is 3. The lowest BCUT2D eigenvalue weighted by atomic mass is 9.76. The molecular formula is C22H20N2O6. The van der Waals surface area contributed by atoms with Gasteiger partial charge in [0, 0.05) is 12.5 Å². The van der Waals surface area contributed by atoms with Crippen LogP contribution in [0, 0.1) is 11.8 Å². The van der Waals surface area contributed by atoms with Crippen LogP contribution in [-0.4, -0.2) is 41.6 Å². The molecule has 3 N–H and O–H groups in total. The van der Waals surface area contributed by atoms with Crippen LogP contribution in [0.15, 0.2) is 48.5 Å². The van der Waals surface area contributed by atoms with Crippen LogP contribution in [0.5, 0.6) is 11.5 Å². The average Bonchev–Trinajstić information content (AvgIpc) is 3.25. The van der Waals surface area contributed by atoms with Crippen LogP contribution in [0.25, 0.3) is 0 Å². The van der Waals surface area contributed by atoms with Gasteiger partial charge in [0.15, 0.2) is 11.5 Å². The molecule has 0 saturated carbocycles. The number of benzene rings is 2. The predicted molar refractivity (Wildman–Crippen MR) is 104 cm³/mol. The second-order valence-corrected chi connectivity index (χ2v) is 7.82. The highest BCUT2D eigenvalue weighted by Crippen LogP contribution is 2.48. The Hall–Kier alpha value is -3.39. The third kappa shape index (κ3) is 2.75. The second-order valence-electron chi connectivity index (χ2n) is 7.82. The van der Waals surface area contributed by atoms with Crippen molar-refractivity contribution in [2.75, 3.05) is 13.2 Å². The number of fused-ring (bicyclic) bond motifs is 2. The van der Waals surface area contributed by atoms with E-state index in [1.807, 2.05) is 30.3 Å². The molecule has 2 saturated heterocycles. The summed E-state index contributed by atoms with van der Waals surface area (Å²) in [7, 11) is 0. The zero-order valence-electron chi connectivity index (χ0n) is 16.0. The van der Waals surface area contributed by atoms with Gasteiger partial charge in [0.1, 0.15) is 18.8 Å². The van der Waals surface area contributed by atoms with E-state index >= 15 is 0 Å². The Morgan fingerprint density at radius 2 is 1.77 bits per heavy atom. The molecule has 3 aliphatic rings. The molecule has 8 nitrogen and oxygen atoms in total. The molecule has 0 radical (unpaired) electrons. The molecule has 8 heteroatoms. The lowest BCUT2D eigenvalue weighted by Gasteiger charge is -2.30. The molecule has 30 heavy (non-hydrogen) atoms. The van der Waals surface area contributed by atoms with E-state index in [2.05, 4.69) is 10.6 Å². The van der Waals surface area contributed by atoms with Crippen molar-refractivity contribution in [1.82, 2.24) is 10.6 Å². The molecule has 3 aliphatic heterocycles. The van der Waals surface area contributed by atoms with Crippen molar-refractivity contribution in [2.24, 2.45) is 11.8 Å². The molecule has 0 spiro atoms. The summed E-state index contributed by atoms with van der Waals surface area (Å²) in [5.41, 5.74) is -0.170. The first kappa shape index (κ1) is 18.6. The number of rotatable bonds is 4. The standard InChI is InChI=1S/C22H20N2O6/c25-19-16-17(20(26)23-19)22(21(27)28,11-12-4-2-1-3-5-12)24-18(16)13-6-7-14-15(10-13)30-9-8-29-14/h1-7,10,16-18,24H,8-9,11H2,(H,27,28)(H,23,25,26). The minimum absolute atomic E-state index is 0.0755. The number of imide groups is 1. The number of amides is 2. The molecule has 0 aromatic heterocycles. The van der Waals surface area contributed by atoms with Crippen molar-refractivity contribution in [3.05, 3.63) is 59.7 Å². The number of carboxylic acids is 1. The fourth-order valence-electron chi connectivity index (χ4n) is 4.82. The summed E-state index contributed by atoms with van der Waals surface area (Å²) in [6.07, 6.45) is 0.0755. The van der Waals surface area contributed by atoms with E-state index in [0.29, 0.717) is 30.3 Å². The van der Waals surface area contributed by atoms with Gasteiger partial charge in [0.25, 0.3) is 0 Å². The molecule has 4 atom stereocenters. The summed E-state index contributed by atoms with van der Waals surface area (Å²) < 4.78 is 11.2. The molecule has 0 bridgehead atoms. The molecule has 0 aliphatic carbocycles. The number of nitrogens with one attached hydrogen (secondary N) is 2. The zero-order chi connectivity index (χ0) is 20.9. The van der Waals surface area contributed by atoms with Crippen molar-refractivity contribution in [2.45, 2.75) is 18.0 Å². The van der Waals surface area contributed by atoms with E-state index in [-0.39, 0.29) is 6.42 Å². The van der Waals surface area contributed by atoms with E-state index < -0.39 is 41.2 Å². The molecule has 2 aromatic carbocycles. The summed E-state index contributed by atoms with van der Waals surface area (Å²) in [6.45, 7) is 0.863. The molecule has 2 fully saturated rings. The van der Waals surface area contributed by atoms with Crippen LogP contribution in [0.2, 0.25) is 0 Å². The quantitative estimate of drug-likeness (QED) is 0.648. The van der Waals surface area contributed by atoms with E-state index in [1.165, 1.54) is 0 Å². The molecule has 2 aromatic rings. The van der Waals surface area contributed by atoms with Crippen LogP contribution < -0.4 is 20.1 Å². The Morgan fingerprint density at radius 1 is 1.03 bits per heavy atom. The van der Waals surface area contributed by atoms with Gasteiger partial charge < -0.3 is 14.6 Å². The highest BCUT2D eigenvalue weighted by atomic mass is 16.6. The lowest BCUT2D eigenvalue weighted by molar-refractivity contribution is -0.149. The monoisotopic (exact) mass is 408 g/mol. The Bertz CT molecular complexity index is 1040. The fourth-order valence-corrected chi connectivity index (χ4v) is 4.82. The Kier molecular flexibility index (Phi) is 4.25. The maximum Gasteiger partial charge on any atom is 0.325 e. The molecule has 2 amide bonds. The van der Waals surface area contributed by atoms with Crippen molar-refractivity contribution in [1.29, 1.82) is 0 Å². The maximum absolute atomic E-state index is 12.7. The number of carboxylic acid groups (broad SMARTS) is 1. The summed E-state index contributed by atoms with van der Waals surface area (Å²) in [4.78, 5) is 37.9. The van der Waals surface area contributed by atoms with E-state index in [4.69, 9.17) is 9.47 Å². The number of aliphatic carboxylic acids is 1. The second kappa shape index (κ2) is 6.84. The van der Waals surface area contributed by atoms with E-state index in [0.717, 1.165) is 5.56 Å². The summed E-state index contributed by atoms with van der Waals surface area (Å²) in [6, 6.07) is 13.7. The summed E-state index contributed by atoms with van der Waals surface area (Å²) in [5, 5.41) is 15.7. The predicted octanol–water partition coefficient (Wildman–Crippen LogP) is 1.06. The van der Waals surface area contributed by atoms with E-state index in [1.54, 1.807) is 18.2 Å². The lowest BCUT2D eigenvalue weighted by Crippen LogP contribution is -2.57. The van der Waals surface area contributed by atoms with Gasteiger partial charge in [0.05, 0.1) is 11.8 Å². The number of ether oxygens (including phenoxy) is 2. The Morgan fingerprint density at radius 3 is 2.50 bits per heavy atom. The number of carbonyl (C=O) groups excluding carboxylic acids is 2.